The molecule has 0 aromatic heterocycles. The molecule has 33 heavy (non-hydrogen) atoms. The van der Waals surface area contributed by atoms with Crippen LogP contribution in [0.5, 0.6) is 0 Å². The Balaban J connectivity index is -0.000000117. The molecule has 7 heteroatoms. The second-order valence-electron chi connectivity index (χ2n) is 8.99. The van der Waals surface area contributed by atoms with Crippen molar-refractivity contribution in [2.75, 3.05) is 0 Å². The van der Waals surface area contributed by atoms with E-state index in [1.807, 2.05) is 27.7 Å². The predicted octanol–water partition coefficient (Wildman–Crippen LogP) is 4.66. The van der Waals surface area contributed by atoms with Crippen molar-refractivity contribution in [1.82, 2.24) is 0 Å². The van der Waals surface area contributed by atoms with Crippen molar-refractivity contribution in [2.45, 2.75) is 157 Å². The fourth-order valence-corrected chi connectivity index (χ4v) is 3.16. The molecule has 4 atom stereocenters. The largest absolute Gasteiger partial charge is 0.394 e. The molecule has 0 amide bonds. The number of hydrogen-bond donors (Lipinski definition) is 6. The van der Waals surface area contributed by atoms with Crippen molar-refractivity contribution in [1.29, 1.82) is 0 Å². The van der Waals surface area contributed by atoms with Gasteiger partial charge in [-0.05, 0) is 66.2 Å². The van der Waals surface area contributed by atoms with Gasteiger partial charge >= 0.3 is 0 Å². The molecule has 204 valence electrons. The monoisotopic (exact) mass is 516 g/mol. The zero-order chi connectivity index (χ0) is 26.3. The molecule has 0 saturated heterocycles. The zero-order valence-corrected chi connectivity index (χ0v) is 25.0. The van der Waals surface area contributed by atoms with E-state index >= 15 is 0 Å². The summed E-state index contributed by atoms with van der Waals surface area (Å²) in [7, 11) is 0. The normalized spacial score (nSPS) is 15.8. The average molecular weight is 517 g/mol. The van der Waals surface area contributed by atoms with Gasteiger partial charge in [-0.2, -0.15) is 0 Å². The van der Waals surface area contributed by atoms with Crippen molar-refractivity contribution in [2.24, 2.45) is 11.8 Å². The SMILES string of the molecule is CC(C)O.CC(C)O.CCCC(C(O)CC)C(O)CC.CCCC(C(O)CC)C(O)CC.[Ti]. The maximum atomic E-state index is 9.59. The Morgan fingerprint density at radius 2 is 0.576 bits per heavy atom. The molecular formula is C26H60O6Ti. The summed E-state index contributed by atoms with van der Waals surface area (Å²) < 4.78 is 0. The Hall–Kier alpha value is 0.474. The van der Waals surface area contributed by atoms with Crippen molar-refractivity contribution < 1.29 is 52.4 Å². The third-order valence-corrected chi connectivity index (χ3v) is 4.89. The fraction of sp³-hybridized carbons (Fsp3) is 1.00. The first-order chi connectivity index (χ1) is 14.8. The first-order valence-corrected chi connectivity index (χ1v) is 12.9. The van der Waals surface area contributed by atoms with Crippen LogP contribution >= 0.6 is 0 Å². The second kappa shape index (κ2) is 30.5. The zero-order valence-electron chi connectivity index (χ0n) is 23.5. The third-order valence-electron chi connectivity index (χ3n) is 4.89. The van der Waals surface area contributed by atoms with Gasteiger partial charge in [0, 0.05) is 45.8 Å². The van der Waals surface area contributed by atoms with Crippen LogP contribution in [-0.4, -0.2) is 67.3 Å². The van der Waals surface area contributed by atoms with E-state index in [9.17, 15) is 20.4 Å². The Labute approximate surface area is 221 Å². The molecule has 4 unspecified atom stereocenters. The van der Waals surface area contributed by atoms with E-state index in [-0.39, 0.29) is 70.2 Å². The Bertz CT molecular complexity index is 287. The van der Waals surface area contributed by atoms with Gasteiger partial charge in [0.2, 0.25) is 0 Å². The minimum Gasteiger partial charge on any atom is -0.394 e. The van der Waals surface area contributed by atoms with Crippen LogP contribution in [0.2, 0.25) is 0 Å². The summed E-state index contributed by atoms with van der Waals surface area (Å²) in [5, 5.41) is 54.5. The van der Waals surface area contributed by atoms with E-state index in [1.54, 1.807) is 27.7 Å². The molecule has 0 rings (SSSR count). The van der Waals surface area contributed by atoms with Crippen LogP contribution in [-0.2, 0) is 21.7 Å². The molecule has 6 nitrogen and oxygen atoms in total. The molecule has 0 bridgehead atoms. The van der Waals surface area contributed by atoms with E-state index in [4.69, 9.17) is 10.2 Å². The molecule has 0 aromatic carbocycles. The van der Waals surface area contributed by atoms with Crippen molar-refractivity contribution in [3.05, 3.63) is 0 Å². The molecule has 0 aromatic rings. The van der Waals surface area contributed by atoms with E-state index in [0.29, 0.717) is 0 Å². The summed E-state index contributed by atoms with van der Waals surface area (Å²) in [4.78, 5) is 0. The van der Waals surface area contributed by atoms with E-state index in [1.165, 1.54) is 0 Å². The molecule has 0 heterocycles. The minimum absolute atomic E-state index is 0. The number of hydrogen-bond acceptors (Lipinski definition) is 6. The van der Waals surface area contributed by atoms with Crippen molar-refractivity contribution in [3.8, 4) is 0 Å². The molecule has 0 radical (unpaired) electrons. The van der Waals surface area contributed by atoms with Crippen LogP contribution < -0.4 is 0 Å². The number of rotatable bonds is 12. The summed E-state index contributed by atoms with van der Waals surface area (Å²) in [5.74, 6) is 0.148. The molecular weight excluding hydrogens is 456 g/mol. The van der Waals surface area contributed by atoms with E-state index < -0.39 is 0 Å². The Kier molecular flexibility index (Phi) is 40.2. The topological polar surface area (TPSA) is 121 Å². The predicted molar refractivity (Wildman–Crippen MR) is 137 cm³/mol. The third kappa shape index (κ3) is 32.5. The van der Waals surface area contributed by atoms with E-state index in [2.05, 4.69) is 13.8 Å². The fourth-order valence-electron chi connectivity index (χ4n) is 3.16. The van der Waals surface area contributed by atoms with Crippen molar-refractivity contribution in [3.63, 3.8) is 0 Å². The van der Waals surface area contributed by atoms with Gasteiger partial charge in [-0.3, -0.25) is 0 Å². The molecule has 0 aliphatic carbocycles. The summed E-state index contributed by atoms with van der Waals surface area (Å²) in [6.45, 7) is 18.9. The van der Waals surface area contributed by atoms with Gasteiger partial charge in [0.15, 0.2) is 0 Å². The van der Waals surface area contributed by atoms with Gasteiger partial charge in [-0.15, -0.1) is 0 Å². The first-order valence-electron chi connectivity index (χ1n) is 12.9. The molecule has 0 spiro atoms. The standard InChI is InChI=1S/2C10H22O2.2C3H8O.Ti/c2*1-4-7-8(9(11)5-2)10(12)6-3;2*1-3(2)4;/h2*8-12H,4-7H2,1-3H3;2*3-4H,1-2H3;. The molecule has 0 saturated carbocycles. The minimum atomic E-state index is -0.333. The Morgan fingerprint density at radius 1 is 0.424 bits per heavy atom. The summed E-state index contributed by atoms with van der Waals surface area (Å²) in [6.07, 6.45) is 5.18. The van der Waals surface area contributed by atoms with Gasteiger partial charge < -0.3 is 30.6 Å². The molecule has 6 N–H and O–H groups in total. The van der Waals surface area contributed by atoms with Gasteiger partial charge in [0.25, 0.3) is 0 Å². The van der Waals surface area contributed by atoms with E-state index in [0.717, 1.165) is 51.4 Å². The van der Waals surface area contributed by atoms with Crippen LogP contribution in [0.1, 0.15) is 121 Å². The second-order valence-corrected chi connectivity index (χ2v) is 8.99. The van der Waals surface area contributed by atoms with Gasteiger partial charge in [0.1, 0.15) is 0 Å². The van der Waals surface area contributed by atoms with Gasteiger partial charge in [-0.25, -0.2) is 0 Å². The quantitative estimate of drug-likeness (QED) is 0.210. The Morgan fingerprint density at radius 3 is 0.667 bits per heavy atom. The summed E-state index contributed by atoms with van der Waals surface area (Å²) >= 11 is 0. The first kappa shape index (κ1) is 43.5. The smallest absolute Gasteiger partial charge is 0.0590 e. The van der Waals surface area contributed by atoms with Crippen LogP contribution in [0.25, 0.3) is 0 Å². The van der Waals surface area contributed by atoms with Gasteiger partial charge in [-0.1, -0.05) is 54.4 Å². The molecule has 0 aliphatic heterocycles. The van der Waals surface area contributed by atoms with Crippen LogP contribution in [0, 0.1) is 11.8 Å². The van der Waals surface area contributed by atoms with Crippen LogP contribution in [0.3, 0.4) is 0 Å². The summed E-state index contributed by atoms with van der Waals surface area (Å²) in [5.41, 5.74) is 0. The maximum Gasteiger partial charge on any atom is 0.0590 e. The van der Waals surface area contributed by atoms with Crippen LogP contribution in [0.4, 0.5) is 0 Å². The van der Waals surface area contributed by atoms with Gasteiger partial charge in [0.05, 0.1) is 24.4 Å². The molecule has 0 fully saturated rings. The maximum absolute atomic E-state index is 9.59. The number of aliphatic hydroxyl groups excluding tert-OH is 6. The van der Waals surface area contributed by atoms with Crippen LogP contribution in [0.15, 0.2) is 0 Å². The summed E-state index contributed by atoms with van der Waals surface area (Å²) in [6, 6.07) is 0. The number of aliphatic hydroxyl groups is 6. The van der Waals surface area contributed by atoms with Crippen molar-refractivity contribution >= 4 is 0 Å². The average Bonchev–Trinajstić information content (AvgIpc) is 2.73. The molecule has 0 aliphatic rings.